The van der Waals surface area contributed by atoms with E-state index >= 15 is 0 Å². The van der Waals surface area contributed by atoms with Crippen molar-refractivity contribution < 1.29 is 19.4 Å². The number of hydrogen-bond donors (Lipinski definition) is 2. The Bertz CT molecular complexity index is 725. The molecule has 0 bridgehead atoms. The molecule has 0 fully saturated rings. The van der Waals surface area contributed by atoms with E-state index in [-0.39, 0.29) is 17.4 Å². The zero-order valence-corrected chi connectivity index (χ0v) is 14.5. The highest BCUT2D eigenvalue weighted by molar-refractivity contribution is 5.87. The number of amides is 1. The molecule has 25 heavy (non-hydrogen) atoms. The van der Waals surface area contributed by atoms with Gasteiger partial charge in [-0.1, -0.05) is 31.2 Å². The molecular weight excluding hydrogens is 318 g/mol. The van der Waals surface area contributed by atoms with Gasteiger partial charge in [0.2, 0.25) is 5.91 Å². The van der Waals surface area contributed by atoms with Gasteiger partial charge < -0.3 is 15.2 Å². The summed E-state index contributed by atoms with van der Waals surface area (Å²) in [5.74, 6) is -0.0536. The van der Waals surface area contributed by atoms with Crippen LogP contribution in [0.2, 0.25) is 0 Å². The summed E-state index contributed by atoms with van der Waals surface area (Å²) in [6.45, 7) is 2.50. The fourth-order valence-corrected chi connectivity index (χ4v) is 2.61. The van der Waals surface area contributed by atoms with Crippen LogP contribution in [0.3, 0.4) is 0 Å². The topological polar surface area (TPSA) is 75.6 Å². The molecule has 2 rings (SSSR count). The minimum absolute atomic E-state index is 0.0160. The van der Waals surface area contributed by atoms with Crippen LogP contribution in [0.15, 0.2) is 48.5 Å². The Kier molecular flexibility index (Phi) is 6.57. The van der Waals surface area contributed by atoms with Crippen LogP contribution in [0.4, 0.5) is 0 Å². The SMILES string of the molecule is COc1ccc(C(C)CC(=O)NCCc2cccc(C(=O)O)c2)cc1. The average molecular weight is 341 g/mol. The number of aromatic carboxylic acids is 1. The fourth-order valence-electron chi connectivity index (χ4n) is 2.61. The summed E-state index contributed by atoms with van der Waals surface area (Å²) in [4.78, 5) is 23.0. The Hall–Kier alpha value is -2.82. The van der Waals surface area contributed by atoms with Gasteiger partial charge in [-0.15, -0.1) is 0 Å². The van der Waals surface area contributed by atoms with Crippen LogP contribution in [0.5, 0.6) is 5.75 Å². The number of carboxylic acids is 1. The third-order valence-electron chi connectivity index (χ3n) is 4.09. The number of rotatable bonds is 8. The first kappa shape index (κ1) is 18.5. The minimum atomic E-state index is -0.945. The second-order valence-corrected chi connectivity index (χ2v) is 5.98. The van der Waals surface area contributed by atoms with Crippen LogP contribution in [-0.2, 0) is 11.2 Å². The first-order valence-corrected chi connectivity index (χ1v) is 8.22. The van der Waals surface area contributed by atoms with Crippen LogP contribution < -0.4 is 10.1 Å². The van der Waals surface area contributed by atoms with Crippen molar-refractivity contribution in [1.29, 1.82) is 0 Å². The predicted molar refractivity (Wildman–Crippen MR) is 96.1 cm³/mol. The van der Waals surface area contributed by atoms with E-state index in [0.29, 0.717) is 19.4 Å². The lowest BCUT2D eigenvalue weighted by molar-refractivity contribution is -0.121. The molecule has 0 saturated carbocycles. The fraction of sp³-hybridized carbons (Fsp3) is 0.300. The van der Waals surface area contributed by atoms with Crippen molar-refractivity contribution in [3.63, 3.8) is 0 Å². The zero-order valence-electron chi connectivity index (χ0n) is 14.5. The summed E-state index contributed by atoms with van der Waals surface area (Å²) in [6.07, 6.45) is 1.01. The lowest BCUT2D eigenvalue weighted by atomic mass is 9.97. The van der Waals surface area contributed by atoms with Crippen LogP contribution in [0.1, 0.15) is 40.7 Å². The first-order valence-electron chi connectivity index (χ1n) is 8.22. The van der Waals surface area contributed by atoms with Crippen molar-refractivity contribution in [2.75, 3.05) is 13.7 Å². The highest BCUT2D eigenvalue weighted by Gasteiger charge is 2.11. The van der Waals surface area contributed by atoms with E-state index < -0.39 is 5.97 Å². The van der Waals surface area contributed by atoms with E-state index in [1.54, 1.807) is 25.3 Å². The maximum absolute atomic E-state index is 12.1. The molecule has 0 aromatic heterocycles. The van der Waals surface area contributed by atoms with Crippen molar-refractivity contribution in [2.45, 2.75) is 25.7 Å². The van der Waals surface area contributed by atoms with Gasteiger partial charge in [-0.25, -0.2) is 4.79 Å². The molecule has 2 aromatic rings. The second-order valence-electron chi connectivity index (χ2n) is 5.98. The molecule has 0 aliphatic rings. The molecule has 2 N–H and O–H groups in total. The van der Waals surface area contributed by atoms with Crippen molar-refractivity contribution in [3.8, 4) is 5.75 Å². The normalized spacial score (nSPS) is 11.6. The predicted octanol–water partition coefficient (Wildman–Crippen LogP) is 3.25. The molecule has 0 heterocycles. The molecule has 5 heteroatoms. The molecule has 132 valence electrons. The summed E-state index contributed by atoms with van der Waals surface area (Å²) in [7, 11) is 1.62. The molecule has 0 saturated heterocycles. The standard InChI is InChI=1S/C20H23NO4/c1-14(16-6-8-18(25-2)9-7-16)12-19(22)21-11-10-15-4-3-5-17(13-15)20(23)24/h3-9,13-14H,10-12H2,1-2H3,(H,21,22)(H,23,24). The van der Waals surface area contributed by atoms with Crippen molar-refractivity contribution >= 4 is 11.9 Å². The number of carbonyl (C=O) groups excluding carboxylic acids is 1. The Labute approximate surface area is 147 Å². The van der Waals surface area contributed by atoms with Crippen LogP contribution in [0.25, 0.3) is 0 Å². The molecular formula is C20H23NO4. The van der Waals surface area contributed by atoms with Crippen molar-refractivity contribution in [3.05, 3.63) is 65.2 Å². The number of hydrogen-bond acceptors (Lipinski definition) is 3. The number of carboxylic acid groups (broad SMARTS) is 1. The van der Waals surface area contributed by atoms with Crippen molar-refractivity contribution in [1.82, 2.24) is 5.32 Å². The molecule has 2 aromatic carbocycles. The van der Waals surface area contributed by atoms with Gasteiger partial charge >= 0.3 is 5.97 Å². The molecule has 0 radical (unpaired) electrons. The van der Waals surface area contributed by atoms with Crippen LogP contribution >= 0.6 is 0 Å². The molecule has 1 unspecified atom stereocenters. The summed E-state index contributed by atoms with van der Waals surface area (Å²) in [5, 5.41) is 11.9. The van der Waals surface area contributed by atoms with Crippen LogP contribution in [-0.4, -0.2) is 30.6 Å². The zero-order chi connectivity index (χ0) is 18.2. The third-order valence-corrected chi connectivity index (χ3v) is 4.09. The summed E-state index contributed by atoms with van der Waals surface area (Å²) < 4.78 is 5.13. The van der Waals surface area contributed by atoms with Gasteiger partial charge in [-0.2, -0.15) is 0 Å². The lowest BCUT2D eigenvalue weighted by Gasteiger charge is -2.13. The van der Waals surface area contributed by atoms with E-state index in [1.807, 2.05) is 37.3 Å². The summed E-state index contributed by atoms with van der Waals surface area (Å²) >= 11 is 0. The monoisotopic (exact) mass is 341 g/mol. The van der Waals surface area contributed by atoms with Gasteiger partial charge in [0.05, 0.1) is 12.7 Å². The molecule has 1 atom stereocenters. The van der Waals surface area contributed by atoms with Gasteiger partial charge in [0.15, 0.2) is 0 Å². The maximum Gasteiger partial charge on any atom is 0.335 e. The highest BCUT2D eigenvalue weighted by atomic mass is 16.5. The van der Waals surface area contributed by atoms with Gasteiger partial charge in [-0.3, -0.25) is 4.79 Å². The number of nitrogens with one attached hydrogen (secondary N) is 1. The molecule has 0 aliphatic heterocycles. The van der Waals surface area contributed by atoms with Gasteiger partial charge in [0.1, 0.15) is 5.75 Å². The van der Waals surface area contributed by atoms with Crippen LogP contribution in [0, 0.1) is 0 Å². The van der Waals surface area contributed by atoms with E-state index in [9.17, 15) is 9.59 Å². The lowest BCUT2D eigenvalue weighted by Crippen LogP contribution is -2.26. The molecule has 5 nitrogen and oxygen atoms in total. The molecule has 0 spiro atoms. The van der Waals surface area contributed by atoms with E-state index in [1.165, 1.54) is 0 Å². The molecule has 1 amide bonds. The largest absolute Gasteiger partial charge is 0.497 e. The first-order chi connectivity index (χ1) is 12.0. The summed E-state index contributed by atoms with van der Waals surface area (Å²) in [5.41, 5.74) is 2.24. The Balaban J connectivity index is 1.80. The van der Waals surface area contributed by atoms with Gasteiger partial charge in [-0.05, 0) is 47.7 Å². The Morgan fingerprint density at radius 1 is 1.16 bits per heavy atom. The smallest absolute Gasteiger partial charge is 0.335 e. The average Bonchev–Trinajstić information content (AvgIpc) is 2.62. The summed E-state index contributed by atoms with van der Waals surface area (Å²) in [6, 6.07) is 14.5. The van der Waals surface area contributed by atoms with Gasteiger partial charge in [0, 0.05) is 13.0 Å². The number of methoxy groups -OCH3 is 1. The van der Waals surface area contributed by atoms with E-state index in [0.717, 1.165) is 16.9 Å². The number of benzene rings is 2. The van der Waals surface area contributed by atoms with Gasteiger partial charge in [0.25, 0.3) is 0 Å². The number of ether oxygens (including phenoxy) is 1. The second kappa shape index (κ2) is 8.87. The minimum Gasteiger partial charge on any atom is -0.497 e. The number of carbonyl (C=O) groups is 2. The Morgan fingerprint density at radius 2 is 1.88 bits per heavy atom. The third kappa shape index (κ3) is 5.64. The van der Waals surface area contributed by atoms with E-state index in [2.05, 4.69) is 5.32 Å². The highest BCUT2D eigenvalue weighted by Crippen LogP contribution is 2.21. The maximum atomic E-state index is 12.1. The molecule has 0 aliphatic carbocycles. The van der Waals surface area contributed by atoms with Crippen molar-refractivity contribution in [2.24, 2.45) is 0 Å². The Morgan fingerprint density at radius 3 is 2.52 bits per heavy atom. The quantitative estimate of drug-likeness (QED) is 0.773. The van der Waals surface area contributed by atoms with E-state index in [4.69, 9.17) is 9.84 Å².